The molecule has 3 N–H and O–H groups in total. The summed E-state index contributed by atoms with van der Waals surface area (Å²) in [7, 11) is 1.42. The van der Waals surface area contributed by atoms with Crippen molar-refractivity contribution < 1.29 is 24.6 Å². The maximum Gasteiger partial charge on any atom is 0.251 e. The van der Waals surface area contributed by atoms with Crippen LogP contribution in [-0.2, 0) is 0 Å². The molecule has 0 saturated carbocycles. The SMILES string of the molecule is CNC(=O)c1cc(O)c2c(c1)C(=O)c1cccc(O)c1C2=O. The van der Waals surface area contributed by atoms with Crippen molar-refractivity contribution in [2.75, 3.05) is 7.05 Å². The number of fused-ring (bicyclic) bond motifs is 2. The zero-order chi connectivity index (χ0) is 16.0. The molecule has 0 unspecified atom stereocenters. The summed E-state index contributed by atoms with van der Waals surface area (Å²) in [5.74, 6) is -2.45. The van der Waals surface area contributed by atoms with Crippen molar-refractivity contribution in [3.63, 3.8) is 0 Å². The zero-order valence-corrected chi connectivity index (χ0v) is 11.5. The Morgan fingerprint density at radius 2 is 1.64 bits per heavy atom. The van der Waals surface area contributed by atoms with E-state index in [0.717, 1.165) is 6.07 Å². The van der Waals surface area contributed by atoms with E-state index in [1.165, 1.54) is 31.3 Å². The molecule has 22 heavy (non-hydrogen) atoms. The second-order valence-corrected chi connectivity index (χ2v) is 4.86. The van der Waals surface area contributed by atoms with Crippen molar-refractivity contribution in [3.8, 4) is 11.5 Å². The number of hydrogen-bond acceptors (Lipinski definition) is 5. The molecule has 0 aliphatic heterocycles. The van der Waals surface area contributed by atoms with Crippen LogP contribution >= 0.6 is 0 Å². The Bertz CT molecular complexity index is 854. The quantitative estimate of drug-likeness (QED) is 0.627. The van der Waals surface area contributed by atoms with Gasteiger partial charge in [-0.25, -0.2) is 0 Å². The van der Waals surface area contributed by atoms with E-state index in [1.54, 1.807) is 0 Å². The summed E-state index contributed by atoms with van der Waals surface area (Å²) >= 11 is 0. The van der Waals surface area contributed by atoms with Gasteiger partial charge in [0.1, 0.15) is 11.5 Å². The number of amides is 1. The fourth-order valence-corrected chi connectivity index (χ4v) is 2.56. The fraction of sp³-hybridized carbons (Fsp3) is 0.0625. The van der Waals surface area contributed by atoms with Gasteiger partial charge in [0, 0.05) is 23.7 Å². The molecule has 0 radical (unpaired) electrons. The Morgan fingerprint density at radius 1 is 0.955 bits per heavy atom. The van der Waals surface area contributed by atoms with E-state index < -0.39 is 23.2 Å². The highest BCUT2D eigenvalue weighted by atomic mass is 16.3. The third kappa shape index (κ3) is 1.77. The van der Waals surface area contributed by atoms with E-state index in [1.807, 2.05) is 0 Å². The Balaban J connectivity index is 2.30. The predicted octanol–water partition coefficient (Wildman–Crippen LogP) is 1.23. The second-order valence-electron chi connectivity index (χ2n) is 4.86. The van der Waals surface area contributed by atoms with Crippen LogP contribution in [0.5, 0.6) is 11.5 Å². The summed E-state index contributed by atoms with van der Waals surface area (Å²) in [6.07, 6.45) is 0. The summed E-state index contributed by atoms with van der Waals surface area (Å²) in [6, 6.07) is 6.55. The zero-order valence-electron chi connectivity index (χ0n) is 11.5. The molecular formula is C16H11NO5. The molecule has 0 heterocycles. The molecule has 1 aliphatic carbocycles. The van der Waals surface area contributed by atoms with Gasteiger partial charge in [0.2, 0.25) is 5.78 Å². The molecule has 2 aromatic rings. The number of carbonyl (C=O) groups is 3. The lowest BCUT2D eigenvalue weighted by Gasteiger charge is -2.19. The van der Waals surface area contributed by atoms with Gasteiger partial charge in [-0.1, -0.05) is 12.1 Å². The van der Waals surface area contributed by atoms with Gasteiger partial charge in [-0.05, 0) is 18.2 Å². The minimum absolute atomic E-state index is 0.0472. The Labute approximate surface area is 125 Å². The molecule has 110 valence electrons. The molecule has 6 heteroatoms. The van der Waals surface area contributed by atoms with Crippen LogP contribution in [0.25, 0.3) is 0 Å². The van der Waals surface area contributed by atoms with Gasteiger partial charge in [0.05, 0.1) is 11.1 Å². The third-order valence-electron chi connectivity index (χ3n) is 3.59. The minimum Gasteiger partial charge on any atom is -0.507 e. The number of phenolic OH excluding ortho intramolecular Hbond substituents is 2. The molecule has 1 amide bonds. The third-order valence-corrected chi connectivity index (χ3v) is 3.59. The first-order chi connectivity index (χ1) is 10.5. The first-order valence-electron chi connectivity index (χ1n) is 6.46. The molecule has 0 atom stereocenters. The number of hydrogen-bond donors (Lipinski definition) is 3. The predicted molar refractivity (Wildman–Crippen MR) is 76.5 cm³/mol. The van der Waals surface area contributed by atoms with Gasteiger partial charge in [0.15, 0.2) is 5.78 Å². The lowest BCUT2D eigenvalue weighted by molar-refractivity contribution is 0.0957. The molecule has 0 aromatic heterocycles. The van der Waals surface area contributed by atoms with E-state index in [0.29, 0.717) is 0 Å². The summed E-state index contributed by atoms with van der Waals surface area (Å²) in [5, 5.41) is 22.3. The van der Waals surface area contributed by atoms with E-state index in [9.17, 15) is 24.6 Å². The molecule has 0 saturated heterocycles. The van der Waals surface area contributed by atoms with Gasteiger partial charge in [0.25, 0.3) is 5.91 Å². The highest BCUT2D eigenvalue weighted by Gasteiger charge is 2.34. The van der Waals surface area contributed by atoms with Crippen LogP contribution in [0, 0.1) is 0 Å². The molecule has 6 nitrogen and oxygen atoms in total. The normalized spacial score (nSPS) is 12.6. The molecule has 0 fully saturated rings. The Kier molecular flexibility index (Phi) is 2.95. The Hall–Kier alpha value is -3.15. The summed E-state index contributed by atoms with van der Waals surface area (Å²) in [5.41, 5.74) is -0.272. The van der Waals surface area contributed by atoms with E-state index in [-0.39, 0.29) is 33.6 Å². The smallest absolute Gasteiger partial charge is 0.251 e. The first-order valence-corrected chi connectivity index (χ1v) is 6.46. The molecule has 1 aliphatic rings. The van der Waals surface area contributed by atoms with Crippen LogP contribution in [0.2, 0.25) is 0 Å². The maximum atomic E-state index is 12.5. The minimum atomic E-state index is -0.649. The first kappa shape index (κ1) is 13.8. The number of phenols is 2. The highest BCUT2D eigenvalue weighted by Crippen LogP contribution is 2.37. The maximum absolute atomic E-state index is 12.5. The van der Waals surface area contributed by atoms with Crippen molar-refractivity contribution >= 4 is 17.5 Å². The van der Waals surface area contributed by atoms with Gasteiger partial charge < -0.3 is 15.5 Å². The molecule has 3 rings (SSSR count). The van der Waals surface area contributed by atoms with Crippen molar-refractivity contribution in [1.82, 2.24) is 5.32 Å². The molecule has 2 aromatic carbocycles. The summed E-state index contributed by atoms with van der Waals surface area (Å²) in [6.45, 7) is 0. The van der Waals surface area contributed by atoms with Crippen LogP contribution < -0.4 is 5.32 Å². The van der Waals surface area contributed by atoms with Gasteiger partial charge in [-0.15, -0.1) is 0 Å². The lowest BCUT2D eigenvalue weighted by Crippen LogP contribution is -2.23. The second kappa shape index (κ2) is 4.70. The van der Waals surface area contributed by atoms with E-state index >= 15 is 0 Å². The summed E-state index contributed by atoms with van der Waals surface area (Å²) in [4.78, 5) is 36.7. The number of aromatic hydroxyl groups is 2. The molecule has 0 bridgehead atoms. The van der Waals surface area contributed by atoms with E-state index in [4.69, 9.17) is 0 Å². The molecular weight excluding hydrogens is 286 g/mol. The number of ketones is 2. The van der Waals surface area contributed by atoms with Gasteiger partial charge in [-0.3, -0.25) is 14.4 Å². The fourth-order valence-electron chi connectivity index (χ4n) is 2.56. The van der Waals surface area contributed by atoms with Crippen LogP contribution in [0.4, 0.5) is 0 Å². The number of rotatable bonds is 1. The van der Waals surface area contributed by atoms with Gasteiger partial charge >= 0.3 is 0 Å². The largest absolute Gasteiger partial charge is 0.507 e. The van der Waals surface area contributed by atoms with Gasteiger partial charge in [-0.2, -0.15) is 0 Å². The topological polar surface area (TPSA) is 104 Å². The highest BCUT2D eigenvalue weighted by molar-refractivity contribution is 6.30. The van der Waals surface area contributed by atoms with Crippen LogP contribution in [0.1, 0.15) is 42.2 Å². The van der Waals surface area contributed by atoms with Crippen molar-refractivity contribution in [2.45, 2.75) is 0 Å². The van der Waals surface area contributed by atoms with Crippen molar-refractivity contribution in [1.29, 1.82) is 0 Å². The van der Waals surface area contributed by atoms with E-state index in [2.05, 4.69) is 5.32 Å². The number of nitrogens with one attached hydrogen (secondary N) is 1. The average Bonchev–Trinajstić information content (AvgIpc) is 2.50. The average molecular weight is 297 g/mol. The lowest BCUT2D eigenvalue weighted by atomic mass is 9.82. The number of carbonyl (C=O) groups excluding carboxylic acids is 3. The monoisotopic (exact) mass is 297 g/mol. The standard InChI is InChI=1S/C16H11NO5/c1-17-16(22)7-5-9-13(11(19)6-7)15(21)12-8(14(9)20)3-2-4-10(12)18/h2-6,18-19H,1H3,(H,17,22). The number of benzene rings is 2. The Morgan fingerprint density at radius 3 is 2.32 bits per heavy atom. The van der Waals surface area contributed by atoms with Crippen molar-refractivity contribution in [2.24, 2.45) is 0 Å². The molecule has 0 spiro atoms. The van der Waals surface area contributed by atoms with Crippen LogP contribution in [0.15, 0.2) is 30.3 Å². The van der Waals surface area contributed by atoms with Crippen molar-refractivity contribution in [3.05, 3.63) is 58.1 Å². The summed E-state index contributed by atoms with van der Waals surface area (Å²) < 4.78 is 0. The van der Waals surface area contributed by atoms with Crippen LogP contribution in [0.3, 0.4) is 0 Å². The van der Waals surface area contributed by atoms with Crippen LogP contribution in [-0.4, -0.2) is 34.7 Å².